The second-order valence-corrected chi connectivity index (χ2v) is 10.4. The van der Waals surface area contributed by atoms with E-state index < -0.39 is 11.6 Å². The minimum atomic E-state index is -0.879. The Balaban J connectivity index is 1.42. The summed E-state index contributed by atoms with van der Waals surface area (Å²) >= 11 is 0. The van der Waals surface area contributed by atoms with Crippen molar-refractivity contribution in [1.29, 1.82) is 0 Å². The Labute approximate surface area is 208 Å². The first kappa shape index (κ1) is 25.7. The number of fused-ring (bicyclic) bond motifs is 1. The summed E-state index contributed by atoms with van der Waals surface area (Å²) in [7, 11) is 0. The van der Waals surface area contributed by atoms with Crippen molar-refractivity contribution in [2.75, 3.05) is 39.4 Å². The maximum Gasteiger partial charge on any atom is 0.239 e. The predicted octanol–water partition coefficient (Wildman–Crippen LogP) is 2.34. The van der Waals surface area contributed by atoms with Crippen LogP contribution in [-0.2, 0) is 20.7 Å². The van der Waals surface area contributed by atoms with Gasteiger partial charge in [0.05, 0.1) is 24.8 Å². The Morgan fingerprint density at radius 3 is 2.66 bits per heavy atom. The lowest BCUT2D eigenvalue weighted by Crippen LogP contribution is -2.61. The summed E-state index contributed by atoms with van der Waals surface area (Å²) < 4.78 is 5.41. The van der Waals surface area contributed by atoms with E-state index >= 15 is 0 Å². The number of amides is 2. The summed E-state index contributed by atoms with van der Waals surface area (Å²) in [6.45, 7) is 8.36. The number of benzene rings is 1. The van der Waals surface area contributed by atoms with Crippen LogP contribution in [0.3, 0.4) is 0 Å². The summed E-state index contributed by atoms with van der Waals surface area (Å²) in [6.07, 6.45) is 8.08. The van der Waals surface area contributed by atoms with Gasteiger partial charge in [-0.05, 0) is 44.7 Å². The van der Waals surface area contributed by atoms with Gasteiger partial charge in [-0.15, -0.1) is 0 Å². The quantitative estimate of drug-likeness (QED) is 0.416. The molecule has 2 aromatic rings. The first-order chi connectivity index (χ1) is 16.9. The van der Waals surface area contributed by atoms with Crippen molar-refractivity contribution < 1.29 is 14.3 Å². The monoisotopic (exact) mass is 483 g/mol. The van der Waals surface area contributed by atoms with Gasteiger partial charge in [0, 0.05) is 49.3 Å². The van der Waals surface area contributed by atoms with Crippen LogP contribution in [-0.4, -0.2) is 78.7 Å². The standard InChI is InChI=1S/C27H41N5O3/c1-27(2,26(34)30-21-8-4-3-5-9-21)31-24(18-20-19-29-23-11-7-6-10-22(20)23)25(33)28-12-13-32-14-16-35-17-15-32/h6-7,10-11,19,21,24,29,31H,3-5,8-9,12-18H2,1-2H3,(H,28,33)(H,30,34)/t24-/m0/s1. The number of hydrogen-bond acceptors (Lipinski definition) is 5. The summed E-state index contributed by atoms with van der Waals surface area (Å²) in [5, 5.41) is 10.8. The molecule has 1 atom stereocenters. The Morgan fingerprint density at radius 2 is 1.89 bits per heavy atom. The number of aromatic nitrogens is 1. The van der Waals surface area contributed by atoms with Gasteiger partial charge in [0.15, 0.2) is 0 Å². The van der Waals surface area contributed by atoms with E-state index in [1.54, 1.807) is 0 Å². The summed E-state index contributed by atoms with van der Waals surface area (Å²) in [5.41, 5.74) is 1.23. The lowest BCUT2D eigenvalue weighted by atomic mass is 9.93. The maximum atomic E-state index is 13.4. The molecule has 1 aromatic carbocycles. The van der Waals surface area contributed by atoms with E-state index in [0.29, 0.717) is 13.0 Å². The molecule has 4 N–H and O–H groups in total. The van der Waals surface area contributed by atoms with E-state index in [1.165, 1.54) is 6.42 Å². The number of ether oxygens (including phenoxy) is 1. The van der Waals surface area contributed by atoms with E-state index in [9.17, 15) is 9.59 Å². The summed E-state index contributed by atoms with van der Waals surface area (Å²) in [5.74, 6) is -0.128. The molecule has 4 rings (SSSR count). The summed E-state index contributed by atoms with van der Waals surface area (Å²) in [6, 6.07) is 7.79. The zero-order chi connectivity index (χ0) is 24.7. The Morgan fingerprint density at radius 1 is 1.14 bits per heavy atom. The van der Waals surface area contributed by atoms with Gasteiger partial charge >= 0.3 is 0 Å². The van der Waals surface area contributed by atoms with Crippen molar-refractivity contribution in [1.82, 2.24) is 25.8 Å². The van der Waals surface area contributed by atoms with E-state index in [1.807, 2.05) is 38.2 Å². The van der Waals surface area contributed by atoms with E-state index in [2.05, 4.69) is 31.9 Å². The molecule has 1 aliphatic heterocycles. The number of carbonyl (C=O) groups excluding carboxylic acids is 2. The number of nitrogens with zero attached hydrogens (tertiary/aromatic N) is 1. The maximum absolute atomic E-state index is 13.4. The smallest absolute Gasteiger partial charge is 0.239 e. The minimum Gasteiger partial charge on any atom is -0.379 e. The zero-order valence-electron chi connectivity index (χ0n) is 21.2. The fourth-order valence-electron chi connectivity index (χ4n) is 5.13. The highest BCUT2D eigenvalue weighted by atomic mass is 16.5. The lowest BCUT2D eigenvalue weighted by Gasteiger charge is -2.33. The highest BCUT2D eigenvalue weighted by Crippen LogP contribution is 2.21. The molecule has 192 valence electrons. The average molecular weight is 484 g/mol. The predicted molar refractivity (Wildman–Crippen MR) is 138 cm³/mol. The van der Waals surface area contributed by atoms with Crippen LogP contribution in [0.5, 0.6) is 0 Å². The highest BCUT2D eigenvalue weighted by molar-refractivity contribution is 5.89. The third-order valence-electron chi connectivity index (χ3n) is 7.29. The number of carbonyl (C=O) groups is 2. The van der Waals surface area contributed by atoms with Crippen molar-refractivity contribution in [2.24, 2.45) is 0 Å². The van der Waals surface area contributed by atoms with Crippen molar-refractivity contribution in [3.05, 3.63) is 36.0 Å². The molecule has 0 spiro atoms. The normalized spacial score (nSPS) is 18.9. The van der Waals surface area contributed by atoms with Crippen LogP contribution in [0.25, 0.3) is 10.9 Å². The molecule has 2 amide bonds. The molecular weight excluding hydrogens is 442 g/mol. The van der Waals surface area contributed by atoms with Crippen LogP contribution in [0.15, 0.2) is 30.5 Å². The van der Waals surface area contributed by atoms with Crippen molar-refractivity contribution in [3.63, 3.8) is 0 Å². The van der Waals surface area contributed by atoms with Crippen molar-refractivity contribution in [2.45, 2.75) is 70.0 Å². The number of morpholine rings is 1. The number of hydrogen-bond donors (Lipinski definition) is 4. The third-order valence-corrected chi connectivity index (χ3v) is 7.29. The average Bonchev–Trinajstić information content (AvgIpc) is 3.27. The van der Waals surface area contributed by atoms with Gasteiger partial charge in [0.2, 0.25) is 11.8 Å². The number of H-pyrrole nitrogens is 1. The largest absolute Gasteiger partial charge is 0.379 e. The van der Waals surface area contributed by atoms with Gasteiger partial charge in [0.25, 0.3) is 0 Å². The zero-order valence-corrected chi connectivity index (χ0v) is 21.2. The molecule has 1 aliphatic carbocycles. The Hall–Kier alpha value is -2.42. The van der Waals surface area contributed by atoms with Crippen LogP contribution in [0.2, 0.25) is 0 Å². The van der Waals surface area contributed by atoms with Gasteiger partial charge in [-0.25, -0.2) is 0 Å². The van der Waals surface area contributed by atoms with Gasteiger partial charge < -0.3 is 20.4 Å². The molecule has 8 nitrogen and oxygen atoms in total. The van der Waals surface area contributed by atoms with Crippen LogP contribution in [0, 0.1) is 0 Å². The molecule has 8 heteroatoms. The van der Waals surface area contributed by atoms with Crippen molar-refractivity contribution >= 4 is 22.7 Å². The van der Waals surface area contributed by atoms with E-state index in [0.717, 1.165) is 75.0 Å². The molecule has 2 heterocycles. The van der Waals surface area contributed by atoms with Crippen LogP contribution in [0.4, 0.5) is 0 Å². The van der Waals surface area contributed by atoms with Crippen LogP contribution in [0.1, 0.15) is 51.5 Å². The fraction of sp³-hybridized carbons (Fsp3) is 0.630. The molecule has 2 fully saturated rings. The van der Waals surface area contributed by atoms with Crippen LogP contribution < -0.4 is 16.0 Å². The summed E-state index contributed by atoms with van der Waals surface area (Å²) in [4.78, 5) is 32.2. The molecule has 1 saturated carbocycles. The van der Waals surface area contributed by atoms with E-state index in [-0.39, 0.29) is 17.9 Å². The SMILES string of the molecule is CC(C)(N[C@@H](Cc1c[nH]c2ccccc12)C(=O)NCCN1CCOCC1)C(=O)NC1CCCCC1. The number of nitrogens with one attached hydrogen (secondary N) is 4. The lowest BCUT2D eigenvalue weighted by molar-refractivity contribution is -0.129. The Bertz CT molecular complexity index is 976. The fourth-order valence-corrected chi connectivity index (χ4v) is 5.13. The highest BCUT2D eigenvalue weighted by Gasteiger charge is 2.34. The molecule has 0 bridgehead atoms. The molecular formula is C27H41N5O3. The van der Waals surface area contributed by atoms with Crippen LogP contribution >= 0.6 is 0 Å². The van der Waals surface area contributed by atoms with Gasteiger partial charge in [-0.2, -0.15) is 0 Å². The third kappa shape index (κ3) is 7.06. The minimum absolute atomic E-state index is 0.0468. The molecule has 0 unspecified atom stereocenters. The first-order valence-corrected chi connectivity index (χ1v) is 13.1. The van der Waals surface area contributed by atoms with Gasteiger partial charge in [0.1, 0.15) is 0 Å². The molecule has 35 heavy (non-hydrogen) atoms. The Kier molecular flexibility index (Phi) is 8.81. The second kappa shape index (κ2) is 12.0. The number of rotatable bonds is 10. The second-order valence-electron chi connectivity index (χ2n) is 10.4. The molecule has 2 aliphatic rings. The van der Waals surface area contributed by atoms with Gasteiger partial charge in [-0.1, -0.05) is 37.5 Å². The molecule has 0 radical (unpaired) electrons. The molecule has 1 aromatic heterocycles. The first-order valence-electron chi connectivity index (χ1n) is 13.1. The topological polar surface area (TPSA) is 98.5 Å². The van der Waals surface area contributed by atoms with E-state index in [4.69, 9.17) is 4.74 Å². The molecule has 1 saturated heterocycles. The van der Waals surface area contributed by atoms with Gasteiger partial charge in [-0.3, -0.25) is 19.8 Å². The number of aromatic amines is 1. The van der Waals surface area contributed by atoms with Crippen molar-refractivity contribution in [3.8, 4) is 0 Å². The number of para-hydroxylation sites is 1.